The van der Waals surface area contributed by atoms with Gasteiger partial charge in [0, 0.05) is 0 Å². The number of para-hydroxylation sites is 1. The minimum Gasteiger partial charge on any atom is -0.495 e. The van der Waals surface area contributed by atoms with Crippen LogP contribution in [-0.2, 0) is 10.0 Å². The number of primary sulfonamides is 1. The van der Waals surface area contributed by atoms with Gasteiger partial charge in [0.1, 0.15) is 10.6 Å². The minimum atomic E-state index is -3.69. The van der Waals surface area contributed by atoms with Crippen molar-refractivity contribution in [2.75, 3.05) is 7.11 Å². The molecule has 0 aliphatic rings. The predicted molar refractivity (Wildman–Crippen MR) is 49.1 cm³/mol. The van der Waals surface area contributed by atoms with Gasteiger partial charge in [-0.1, -0.05) is 12.1 Å². The molecule has 4 nitrogen and oxygen atoms in total. The molecule has 0 unspecified atom stereocenters. The molecule has 2 N–H and O–H groups in total. The number of methoxy groups -OCH3 is 1. The first-order valence-corrected chi connectivity index (χ1v) is 5.18. The van der Waals surface area contributed by atoms with E-state index < -0.39 is 10.0 Å². The summed E-state index contributed by atoms with van der Waals surface area (Å²) < 4.78 is 27.1. The molecule has 0 atom stereocenters. The molecule has 5 heteroatoms. The number of hydrogen-bond acceptors (Lipinski definition) is 3. The van der Waals surface area contributed by atoms with Crippen molar-refractivity contribution in [3.05, 3.63) is 23.8 Å². The van der Waals surface area contributed by atoms with Crippen LogP contribution in [0, 0.1) is 6.92 Å². The molecule has 1 rings (SSSR count). The lowest BCUT2D eigenvalue weighted by atomic mass is 10.2. The topological polar surface area (TPSA) is 69.4 Å². The lowest BCUT2D eigenvalue weighted by molar-refractivity contribution is 0.399. The molecule has 0 spiro atoms. The normalized spacial score (nSPS) is 11.3. The van der Waals surface area contributed by atoms with Crippen molar-refractivity contribution in [1.82, 2.24) is 0 Å². The number of ether oxygens (including phenoxy) is 1. The van der Waals surface area contributed by atoms with Gasteiger partial charge in [-0.15, -0.1) is 0 Å². The van der Waals surface area contributed by atoms with Crippen LogP contribution >= 0.6 is 0 Å². The SMILES string of the molecule is COc1c(C)cccc1S(N)(=O)=O. The Hall–Kier alpha value is -1.07. The van der Waals surface area contributed by atoms with Crippen LogP contribution in [0.3, 0.4) is 0 Å². The van der Waals surface area contributed by atoms with E-state index in [-0.39, 0.29) is 4.90 Å². The van der Waals surface area contributed by atoms with Gasteiger partial charge in [0.15, 0.2) is 0 Å². The van der Waals surface area contributed by atoms with E-state index in [1.54, 1.807) is 19.1 Å². The summed E-state index contributed by atoms with van der Waals surface area (Å²) in [6.07, 6.45) is 0. The van der Waals surface area contributed by atoms with Gasteiger partial charge in [0.25, 0.3) is 0 Å². The van der Waals surface area contributed by atoms with Crippen LogP contribution in [0.25, 0.3) is 0 Å². The third-order valence-corrected chi connectivity index (χ3v) is 2.62. The molecule has 1 aromatic rings. The smallest absolute Gasteiger partial charge is 0.241 e. The summed E-state index contributed by atoms with van der Waals surface area (Å²) in [5.74, 6) is 0.310. The second-order valence-corrected chi connectivity index (χ2v) is 4.18. The third kappa shape index (κ3) is 1.99. The van der Waals surface area contributed by atoms with Crippen LogP contribution in [0.15, 0.2) is 23.1 Å². The van der Waals surface area contributed by atoms with Crippen LogP contribution in [-0.4, -0.2) is 15.5 Å². The molecule has 0 saturated carbocycles. The molecular formula is C8H11NO3S. The van der Waals surface area contributed by atoms with Gasteiger partial charge >= 0.3 is 0 Å². The summed E-state index contributed by atoms with van der Waals surface area (Å²) in [5.41, 5.74) is 0.744. The number of rotatable bonds is 2. The Morgan fingerprint density at radius 3 is 2.38 bits per heavy atom. The summed E-state index contributed by atoms with van der Waals surface area (Å²) in [6.45, 7) is 1.76. The van der Waals surface area contributed by atoms with Crippen LogP contribution in [0.1, 0.15) is 5.56 Å². The number of sulfonamides is 1. The molecule has 0 bridgehead atoms. The van der Waals surface area contributed by atoms with E-state index >= 15 is 0 Å². The first-order valence-electron chi connectivity index (χ1n) is 3.63. The van der Waals surface area contributed by atoms with Crippen LogP contribution in [0.4, 0.5) is 0 Å². The Balaban J connectivity index is 3.47. The van der Waals surface area contributed by atoms with E-state index in [4.69, 9.17) is 9.88 Å². The number of benzene rings is 1. The third-order valence-electron chi connectivity index (χ3n) is 1.69. The molecule has 0 aliphatic carbocycles. The second kappa shape index (κ2) is 3.35. The molecule has 0 saturated heterocycles. The van der Waals surface area contributed by atoms with Crippen molar-refractivity contribution >= 4 is 10.0 Å². The van der Waals surface area contributed by atoms with Crippen LogP contribution in [0.2, 0.25) is 0 Å². The van der Waals surface area contributed by atoms with Gasteiger partial charge < -0.3 is 4.74 Å². The highest BCUT2D eigenvalue weighted by molar-refractivity contribution is 7.89. The Morgan fingerprint density at radius 1 is 1.38 bits per heavy atom. The molecule has 0 amide bonds. The largest absolute Gasteiger partial charge is 0.495 e. The summed E-state index contributed by atoms with van der Waals surface area (Å²) in [7, 11) is -2.28. The van der Waals surface area contributed by atoms with Gasteiger partial charge in [-0.3, -0.25) is 0 Å². The fourth-order valence-corrected chi connectivity index (χ4v) is 1.88. The molecule has 0 radical (unpaired) electrons. The fourth-order valence-electron chi connectivity index (χ4n) is 1.11. The Bertz CT molecular complexity index is 411. The molecule has 72 valence electrons. The molecule has 0 aromatic heterocycles. The summed E-state index contributed by atoms with van der Waals surface area (Å²) in [6, 6.07) is 4.80. The van der Waals surface area contributed by atoms with Crippen molar-refractivity contribution in [3.8, 4) is 5.75 Å². The highest BCUT2D eigenvalue weighted by Gasteiger charge is 2.15. The zero-order chi connectivity index (χ0) is 10.1. The standard InChI is InChI=1S/C8H11NO3S/c1-6-4-3-5-7(8(6)12-2)13(9,10)11/h3-5H,1-2H3,(H2,9,10,11). The van der Waals surface area contributed by atoms with E-state index in [0.29, 0.717) is 5.75 Å². The van der Waals surface area contributed by atoms with Crippen molar-refractivity contribution in [1.29, 1.82) is 0 Å². The molecule has 13 heavy (non-hydrogen) atoms. The van der Waals surface area contributed by atoms with E-state index in [9.17, 15) is 8.42 Å². The maximum Gasteiger partial charge on any atom is 0.241 e. The molecular weight excluding hydrogens is 190 g/mol. The average Bonchev–Trinajstić information content (AvgIpc) is 2.02. The number of hydrogen-bond donors (Lipinski definition) is 1. The maximum absolute atomic E-state index is 11.1. The average molecular weight is 201 g/mol. The molecule has 1 aromatic carbocycles. The zero-order valence-corrected chi connectivity index (χ0v) is 8.26. The Kier molecular flexibility index (Phi) is 2.58. The molecule has 0 heterocycles. The van der Waals surface area contributed by atoms with Crippen LogP contribution < -0.4 is 9.88 Å². The van der Waals surface area contributed by atoms with Gasteiger partial charge in [-0.2, -0.15) is 0 Å². The summed E-state index contributed by atoms with van der Waals surface area (Å²) in [4.78, 5) is 0.0231. The second-order valence-electron chi connectivity index (χ2n) is 2.65. The van der Waals surface area contributed by atoms with E-state index in [1.807, 2.05) is 0 Å². The quantitative estimate of drug-likeness (QED) is 0.763. The Labute approximate surface area is 77.4 Å². The molecule has 0 fully saturated rings. The summed E-state index contributed by atoms with van der Waals surface area (Å²) in [5, 5.41) is 4.99. The van der Waals surface area contributed by atoms with Crippen LogP contribution in [0.5, 0.6) is 5.75 Å². The van der Waals surface area contributed by atoms with Crippen molar-refractivity contribution < 1.29 is 13.2 Å². The van der Waals surface area contributed by atoms with Crippen molar-refractivity contribution in [3.63, 3.8) is 0 Å². The number of nitrogens with two attached hydrogens (primary N) is 1. The highest BCUT2D eigenvalue weighted by Crippen LogP contribution is 2.25. The zero-order valence-electron chi connectivity index (χ0n) is 7.44. The first kappa shape index (κ1) is 10.0. The van der Waals surface area contributed by atoms with Gasteiger partial charge in [-0.05, 0) is 18.6 Å². The van der Waals surface area contributed by atoms with Crippen molar-refractivity contribution in [2.24, 2.45) is 5.14 Å². The minimum absolute atomic E-state index is 0.0231. The predicted octanol–water partition coefficient (Wildman–Crippen LogP) is 0.651. The van der Waals surface area contributed by atoms with Crippen molar-refractivity contribution in [2.45, 2.75) is 11.8 Å². The monoisotopic (exact) mass is 201 g/mol. The summed E-state index contributed by atoms with van der Waals surface area (Å²) >= 11 is 0. The lowest BCUT2D eigenvalue weighted by Gasteiger charge is -2.08. The first-order chi connectivity index (χ1) is 5.96. The van der Waals surface area contributed by atoms with Gasteiger partial charge in [0.2, 0.25) is 10.0 Å². The fraction of sp³-hybridized carbons (Fsp3) is 0.250. The van der Waals surface area contributed by atoms with Gasteiger partial charge in [0.05, 0.1) is 7.11 Å². The Morgan fingerprint density at radius 2 is 2.00 bits per heavy atom. The number of aryl methyl sites for hydroxylation is 1. The van der Waals surface area contributed by atoms with E-state index in [0.717, 1.165) is 5.56 Å². The maximum atomic E-state index is 11.1. The van der Waals surface area contributed by atoms with E-state index in [1.165, 1.54) is 13.2 Å². The molecule has 0 aliphatic heterocycles. The highest BCUT2D eigenvalue weighted by atomic mass is 32.2. The van der Waals surface area contributed by atoms with Gasteiger partial charge in [-0.25, -0.2) is 13.6 Å². The van der Waals surface area contributed by atoms with E-state index in [2.05, 4.69) is 0 Å². The lowest BCUT2D eigenvalue weighted by Crippen LogP contribution is -2.13.